The summed E-state index contributed by atoms with van der Waals surface area (Å²) in [5, 5.41) is 3.24. The van der Waals surface area contributed by atoms with Crippen molar-refractivity contribution in [3.05, 3.63) is 35.4 Å². The Morgan fingerprint density at radius 3 is 2.88 bits per heavy atom. The zero-order chi connectivity index (χ0) is 11.8. The topological polar surface area (TPSA) is 12.0 Å². The second kappa shape index (κ2) is 7.63. The van der Waals surface area contributed by atoms with E-state index in [1.165, 1.54) is 6.07 Å². The van der Waals surface area contributed by atoms with Crippen LogP contribution in [-0.4, -0.2) is 18.6 Å². The van der Waals surface area contributed by atoms with Crippen LogP contribution in [0, 0.1) is 0 Å². The molecular weight excluding hydrogens is 228 g/mol. The molecule has 4 heteroatoms. The lowest BCUT2D eigenvalue weighted by atomic mass is 10.1. The number of hydrogen-bond donors (Lipinski definition) is 1. The Bertz CT molecular complexity index is 305. The van der Waals surface area contributed by atoms with Crippen LogP contribution in [0.2, 0.25) is 0 Å². The van der Waals surface area contributed by atoms with Crippen molar-refractivity contribution in [1.29, 1.82) is 0 Å². The van der Waals surface area contributed by atoms with Gasteiger partial charge in [-0.05, 0) is 36.6 Å². The quantitative estimate of drug-likeness (QED) is 0.738. The summed E-state index contributed by atoms with van der Waals surface area (Å²) < 4.78 is 24.8. The monoisotopic (exact) mass is 245 g/mol. The Kier molecular flexibility index (Phi) is 6.42. The minimum Gasteiger partial charge on any atom is -0.313 e. The molecular formula is C12H17F2NS. The van der Waals surface area contributed by atoms with Gasteiger partial charge in [-0.25, -0.2) is 8.78 Å². The van der Waals surface area contributed by atoms with Gasteiger partial charge in [-0.2, -0.15) is 11.8 Å². The van der Waals surface area contributed by atoms with E-state index in [-0.39, 0.29) is 5.56 Å². The third-order valence-electron chi connectivity index (χ3n) is 2.23. The summed E-state index contributed by atoms with van der Waals surface area (Å²) in [5.41, 5.74) is 1.02. The van der Waals surface area contributed by atoms with E-state index in [1.807, 2.05) is 17.8 Å². The van der Waals surface area contributed by atoms with Gasteiger partial charge < -0.3 is 5.32 Å². The Labute approximate surface area is 99.6 Å². The minimum absolute atomic E-state index is 0.100. The fourth-order valence-corrected chi connectivity index (χ4v) is 1.85. The summed E-state index contributed by atoms with van der Waals surface area (Å²) in [5.74, 6) is 1.13. The van der Waals surface area contributed by atoms with E-state index in [0.717, 1.165) is 24.3 Å². The molecule has 0 saturated carbocycles. The Balaban J connectivity index is 2.33. The number of benzene rings is 1. The molecule has 0 spiro atoms. The van der Waals surface area contributed by atoms with Crippen LogP contribution < -0.4 is 5.32 Å². The van der Waals surface area contributed by atoms with Crippen molar-refractivity contribution in [3.8, 4) is 0 Å². The first-order chi connectivity index (χ1) is 7.74. The van der Waals surface area contributed by atoms with E-state index in [1.54, 1.807) is 12.1 Å². The normalized spacial score (nSPS) is 11.0. The molecule has 0 radical (unpaired) electrons. The molecule has 0 aliphatic carbocycles. The SMILES string of the molecule is CSCCCNCc1cccc(C(F)F)c1. The molecule has 1 N–H and O–H groups in total. The van der Waals surface area contributed by atoms with Crippen LogP contribution in [0.25, 0.3) is 0 Å². The maximum atomic E-state index is 12.4. The number of rotatable bonds is 7. The van der Waals surface area contributed by atoms with Gasteiger partial charge in [-0.1, -0.05) is 18.2 Å². The molecule has 90 valence electrons. The minimum atomic E-state index is -2.38. The zero-order valence-corrected chi connectivity index (χ0v) is 10.2. The fourth-order valence-electron chi connectivity index (χ4n) is 1.41. The van der Waals surface area contributed by atoms with Crippen molar-refractivity contribution < 1.29 is 8.78 Å². The third kappa shape index (κ3) is 4.94. The van der Waals surface area contributed by atoms with Gasteiger partial charge in [-0.3, -0.25) is 0 Å². The lowest BCUT2D eigenvalue weighted by molar-refractivity contribution is 0.151. The van der Waals surface area contributed by atoms with E-state index in [4.69, 9.17) is 0 Å². The predicted octanol–water partition coefficient (Wildman–Crippen LogP) is 3.47. The first-order valence-electron chi connectivity index (χ1n) is 5.30. The molecule has 0 aliphatic rings. The van der Waals surface area contributed by atoms with E-state index in [9.17, 15) is 8.78 Å². The zero-order valence-electron chi connectivity index (χ0n) is 9.38. The average Bonchev–Trinajstić information content (AvgIpc) is 2.29. The van der Waals surface area contributed by atoms with Gasteiger partial charge in [0.25, 0.3) is 6.43 Å². The highest BCUT2D eigenvalue weighted by Gasteiger charge is 2.06. The number of thioether (sulfide) groups is 1. The molecule has 1 aromatic rings. The highest BCUT2D eigenvalue weighted by atomic mass is 32.2. The summed E-state index contributed by atoms with van der Waals surface area (Å²) in [6.07, 6.45) is 0.804. The lowest BCUT2D eigenvalue weighted by Crippen LogP contribution is -2.15. The van der Waals surface area contributed by atoms with Gasteiger partial charge in [0.15, 0.2) is 0 Å². The molecule has 0 aliphatic heterocycles. The summed E-state index contributed by atoms with van der Waals surface area (Å²) in [7, 11) is 0. The van der Waals surface area contributed by atoms with Crippen LogP contribution in [0.3, 0.4) is 0 Å². The van der Waals surface area contributed by atoms with Crippen LogP contribution in [0.5, 0.6) is 0 Å². The number of hydrogen-bond acceptors (Lipinski definition) is 2. The summed E-state index contributed by atoms with van der Waals surface area (Å²) in [4.78, 5) is 0. The Morgan fingerprint density at radius 2 is 2.19 bits per heavy atom. The third-order valence-corrected chi connectivity index (χ3v) is 2.93. The van der Waals surface area contributed by atoms with E-state index < -0.39 is 6.43 Å². The molecule has 0 atom stereocenters. The molecule has 1 rings (SSSR count). The molecule has 16 heavy (non-hydrogen) atoms. The van der Waals surface area contributed by atoms with E-state index in [2.05, 4.69) is 11.6 Å². The van der Waals surface area contributed by atoms with Gasteiger partial charge in [0.1, 0.15) is 0 Å². The maximum absolute atomic E-state index is 12.4. The number of alkyl halides is 2. The largest absolute Gasteiger partial charge is 0.313 e. The second-order valence-corrected chi connectivity index (χ2v) is 4.55. The van der Waals surface area contributed by atoms with Crippen molar-refractivity contribution in [3.63, 3.8) is 0 Å². The van der Waals surface area contributed by atoms with Crippen LogP contribution >= 0.6 is 11.8 Å². The standard InChI is InChI=1S/C12H17F2NS/c1-16-7-3-6-15-9-10-4-2-5-11(8-10)12(13)14/h2,4-5,8,12,15H,3,6-7,9H2,1H3. The molecule has 0 fully saturated rings. The van der Waals surface area contributed by atoms with Gasteiger partial charge in [0.2, 0.25) is 0 Å². The highest BCUT2D eigenvalue weighted by Crippen LogP contribution is 2.19. The van der Waals surface area contributed by atoms with Gasteiger partial charge >= 0.3 is 0 Å². The van der Waals surface area contributed by atoms with Crippen molar-refractivity contribution in [2.24, 2.45) is 0 Å². The molecule has 1 aromatic carbocycles. The van der Waals surface area contributed by atoms with Crippen molar-refractivity contribution in [2.75, 3.05) is 18.6 Å². The highest BCUT2D eigenvalue weighted by molar-refractivity contribution is 7.98. The first-order valence-corrected chi connectivity index (χ1v) is 6.70. The van der Waals surface area contributed by atoms with Gasteiger partial charge in [0, 0.05) is 12.1 Å². The van der Waals surface area contributed by atoms with Crippen LogP contribution in [0.1, 0.15) is 24.0 Å². The predicted molar refractivity (Wildman–Crippen MR) is 66.1 cm³/mol. The fraction of sp³-hybridized carbons (Fsp3) is 0.500. The van der Waals surface area contributed by atoms with Crippen molar-refractivity contribution in [1.82, 2.24) is 5.32 Å². The smallest absolute Gasteiger partial charge is 0.263 e. The first kappa shape index (κ1) is 13.5. The van der Waals surface area contributed by atoms with Crippen LogP contribution in [-0.2, 0) is 6.54 Å². The Morgan fingerprint density at radius 1 is 1.38 bits per heavy atom. The van der Waals surface area contributed by atoms with E-state index in [0.29, 0.717) is 6.54 Å². The molecule has 0 saturated heterocycles. The molecule has 0 aromatic heterocycles. The maximum Gasteiger partial charge on any atom is 0.263 e. The lowest BCUT2D eigenvalue weighted by Gasteiger charge is -2.06. The number of nitrogens with one attached hydrogen (secondary N) is 1. The molecule has 1 nitrogen and oxygen atoms in total. The number of halogens is 2. The van der Waals surface area contributed by atoms with Crippen molar-refractivity contribution in [2.45, 2.75) is 19.4 Å². The van der Waals surface area contributed by atoms with Gasteiger partial charge in [0.05, 0.1) is 0 Å². The summed E-state index contributed by atoms with van der Waals surface area (Å²) in [6.45, 7) is 1.59. The van der Waals surface area contributed by atoms with Crippen LogP contribution in [0.15, 0.2) is 24.3 Å². The molecule has 0 amide bonds. The average molecular weight is 245 g/mol. The van der Waals surface area contributed by atoms with Gasteiger partial charge in [-0.15, -0.1) is 0 Å². The summed E-state index contributed by atoms with van der Waals surface area (Å²) in [6, 6.07) is 6.57. The molecule has 0 heterocycles. The van der Waals surface area contributed by atoms with E-state index >= 15 is 0 Å². The molecule has 0 unspecified atom stereocenters. The molecule has 0 bridgehead atoms. The summed E-state index contributed by atoms with van der Waals surface area (Å²) >= 11 is 1.82. The Hall–Kier alpha value is -0.610. The van der Waals surface area contributed by atoms with Crippen molar-refractivity contribution >= 4 is 11.8 Å². The van der Waals surface area contributed by atoms with Crippen LogP contribution in [0.4, 0.5) is 8.78 Å². The second-order valence-electron chi connectivity index (χ2n) is 3.57.